The van der Waals surface area contributed by atoms with Gasteiger partial charge in [0.2, 0.25) is 0 Å². The van der Waals surface area contributed by atoms with Gasteiger partial charge in [0.05, 0.1) is 6.61 Å². The highest BCUT2D eigenvalue weighted by Gasteiger charge is 2.17. The predicted molar refractivity (Wildman–Crippen MR) is 68.3 cm³/mol. The summed E-state index contributed by atoms with van der Waals surface area (Å²) in [6.45, 7) is 5.60. The molecule has 1 aromatic rings. The average Bonchev–Trinajstić information content (AvgIpc) is 2.32. The van der Waals surface area contributed by atoms with Gasteiger partial charge >= 0.3 is 0 Å². The van der Waals surface area contributed by atoms with Gasteiger partial charge in [0.25, 0.3) is 0 Å². The van der Waals surface area contributed by atoms with Crippen molar-refractivity contribution in [1.82, 2.24) is 0 Å². The van der Waals surface area contributed by atoms with Crippen LogP contribution in [0.1, 0.15) is 36.9 Å². The van der Waals surface area contributed by atoms with Crippen LogP contribution in [0.5, 0.6) is 5.75 Å². The van der Waals surface area contributed by atoms with Crippen molar-refractivity contribution in [2.24, 2.45) is 5.73 Å². The van der Waals surface area contributed by atoms with E-state index in [-0.39, 0.29) is 12.1 Å². The quantitative estimate of drug-likeness (QED) is 0.875. The van der Waals surface area contributed by atoms with E-state index in [0.717, 1.165) is 30.8 Å². The van der Waals surface area contributed by atoms with Gasteiger partial charge in [0.1, 0.15) is 11.9 Å². The van der Waals surface area contributed by atoms with Crippen LogP contribution in [0.25, 0.3) is 0 Å². The van der Waals surface area contributed by atoms with Crippen molar-refractivity contribution >= 4 is 0 Å². The Bertz CT molecular complexity index is 370. The molecular formula is C14H21NO2. The van der Waals surface area contributed by atoms with Gasteiger partial charge in [0.15, 0.2) is 0 Å². The summed E-state index contributed by atoms with van der Waals surface area (Å²) in [5, 5.41) is 0. The SMILES string of the molecule is Cc1ccc(OC2CCCOC2)c([C@@H](C)N)c1. The summed E-state index contributed by atoms with van der Waals surface area (Å²) in [6, 6.07) is 6.17. The standard InChI is InChI=1S/C14H21NO2/c1-10-5-6-14(13(8-10)11(2)15)17-12-4-3-7-16-9-12/h5-6,8,11-12H,3-4,7,9,15H2,1-2H3/t11-,12?/m1/s1. The van der Waals surface area contributed by atoms with Crippen molar-refractivity contribution in [3.8, 4) is 5.75 Å². The molecule has 1 saturated heterocycles. The zero-order valence-electron chi connectivity index (χ0n) is 10.6. The molecule has 94 valence electrons. The van der Waals surface area contributed by atoms with Crippen molar-refractivity contribution < 1.29 is 9.47 Å². The van der Waals surface area contributed by atoms with Crippen LogP contribution in [-0.4, -0.2) is 19.3 Å². The minimum Gasteiger partial charge on any atom is -0.488 e. The van der Waals surface area contributed by atoms with Crippen molar-refractivity contribution in [2.75, 3.05) is 13.2 Å². The highest BCUT2D eigenvalue weighted by Crippen LogP contribution is 2.27. The summed E-state index contributed by atoms with van der Waals surface area (Å²) in [5.41, 5.74) is 8.27. The van der Waals surface area contributed by atoms with E-state index in [1.165, 1.54) is 5.56 Å². The van der Waals surface area contributed by atoms with E-state index in [2.05, 4.69) is 19.1 Å². The number of nitrogens with two attached hydrogens (primary N) is 1. The van der Waals surface area contributed by atoms with Gasteiger partial charge in [-0.15, -0.1) is 0 Å². The van der Waals surface area contributed by atoms with E-state index in [1.54, 1.807) is 0 Å². The fourth-order valence-electron chi connectivity index (χ4n) is 2.11. The van der Waals surface area contributed by atoms with Crippen LogP contribution >= 0.6 is 0 Å². The van der Waals surface area contributed by atoms with Crippen LogP contribution in [0.4, 0.5) is 0 Å². The minimum absolute atomic E-state index is 0.00518. The van der Waals surface area contributed by atoms with Gasteiger partial charge in [-0.05, 0) is 32.8 Å². The number of hydrogen-bond acceptors (Lipinski definition) is 3. The second-order valence-corrected chi connectivity index (χ2v) is 4.79. The van der Waals surface area contributed by atoms with Crippen LogP contribution < -0.4 is 10.5 Å². The van der Waals surface area contributed by atoms with Crippen LogP contribution in [0.2, 0.25) is 0 Å². The monoisotopic (exact) mass is 235 g/mol. The van der Waals surface area contributed by atoms with E-state index in [1.807, 2.05) is 13.0 Å². The Morgan fingerprint density at radius 3 is 2.94 bits per heavy atom. The fraction of sp³-hybridized carbons (Fsp3) is 0.571. The first-order chi connectivity index (χ1) is 8.16. The molecule has 0 aromatic heterocycles. The number of ether oxygens (including phenoxy) is 2. The molecule has 1 aliphatic rings. The van der Waals surface area contributed by atoms with Gasteiger partial charge in [0, 0.05) is 18.2 Å². The Morgan fingerprint density at radius 1 is 1.47 bits per heavy atom. The minimum atomic E-state index is -0.00518. The normalized spacial score (nSPS) is 22.2. The summed E-state index contributed by atoms with van der Waals surface area (Å²) >= 11 is 0. The van der Waals surface area contributed by atoms with Gasteiger partial charge in [-0.2, -0.15) is 0 Å². The lowest BCUT2D eigenvalue weighted by molar-refractivity contribution is 0.00693. The molecule has 0 bridgehead atoms. The number of hydrogen-bond donors (Lipinski definition) is 1. The second-order valence-electron chi connectivity index (χ2n) is 4.79. The summed E-state index contributed by atoms with van der Waals surface area (Å²) < 4.78 is 11.4. The summed E-state index contributed by atoms with van der Waals surface area (Å²) in [7, 11) is 0. The molecule has 0 amide bonds. The number of benzene rings is 1. The van der Waals surface area contributed by atoms with Gasteiger partial charge in [-0.1, -0.05) is 17.7 Å². The summed E-state index contributed by atoms with van der Waals surface area (Å²) in [4.78, 5) is 0. The van der Waals surface area contributed by atoms with Gasteiger partial charge in [-0.25, -0.2) is 0 Å². The van der Waals surface area contributed by atoms with E-state index in [9.17, 15) is 0 Å². The lowest BCUT2D eigenvalue weighted by Gasteiger charge is -2.25. The third kappa shape index (κ3) is 3.20. The largest absolute Gasteiger partial charge is 0.488 e. The van der Waals surface area contributed by atoms with E-state index in [0.29, 0.717) is 6.61 Å². The van der Waals surface area contributed by atoms with E-state index >= 15 is 0 Å². The smallest absolute Gasteiger partial charge is 0.124 e. The van der Waals surface area contributed by atoms with Crippen molar-refractivity contribution in [2.45, 2.75) is 38.8 Å². The first-order valence-corrected chi connectivity index (χ1v) is 6.27. The zero-order valence-corrected chi connectivity index (χ0v) is 10.6. The maximum Gasteiger partial charge on any atom is 0.124 e. The molecule has 3 nitrogen and oxygen atoms in total. The summed E-state index contributed by atoms with van der Waals surface area (Å²) in [6.07, 6.45) is 2.31. The van der Waals surface area contributed by atoms with Gasteiger partial charge < -0.3 is 15.2 Å². The molecule has 1 aromatic carbocycles. The molecule has 1 heterocycles. The highest BCUT2D eigenvalue weighted by atomic mass is 16.5. The maximum absolute atomic E-state index is 6.00. The first kappa shape index (κ1) is 12.4. The van der Waals surface area contributed by atoms with Crippen LogP contribution in [0.15, 0.2) is 18.2 Å². The summed E-state index contributed by atoms with van der Waals surface area (Å²) in [5.74, 6) is 0.904. The number of aryl methyl sites for hydroxylation is 1. The third-order valence-corrected chi connectivity index (χ3v) is 3.07. The van der Waals surface area contributed by atoms with Crippen molar-refractivity contribution in [3.63, 3.8) is 0 Å². The predicted octanol–water partition coefficient (Wildman–Crippen LogP) is 2.57. The van der Waals surface area contributed by atoms with E-state index < -0.39 is 0 Å². The molecule has 17 heavy (non-hydrogen) atoms. The highest BCUT2D eigenvalue weighted by molar-refractivity contribution is 5.38. The van der Waals surface area contributed by atoms with Crippen LogP contribution in [0.3, 0.4) is 0 Å². The second kappa shape index (κ2) is 5.52. The molecular weight excluding hydrogens is 214 g/mol. The Hall–Kier alpha value is -1.06. The average molecular weight is 235 g/mol. The Balaban J connectivity index is 2.13. The molecule has 0 aliphatic carbocycles. The Morgan fingerprint density at radius 2 is 2.29 bits per heavy atom. The Labute approximate surface area is 103 Å². The van der Waals surface area contributed by atoms with Crippen molar-refractivity contribution in [3.05, 3.63) is 29.3 Å². The molecule has 2 rings (SSSR count). The third-order valence-electron chi connectivity index (χ3n) is 3.07. The first-order valence-electron chi connectivity index (χ1n) is 6.27. The van der Waals surface area contributed by atoms with Crippen LogP contribution in [0, 0.1) is 6.92 Å². The Kier molecular flexibility index (Phi) is 4.02. The molecule has 3 heteroatoms. The van der Waals surface area contributed by atoms with Crippen molar-refractivity contribution in [1.29, 1.82) is 0 Å². The lowest BCUT2D eigenvalue weighted by Crippen LogP contribution is -2.28. The molecule has 2 atom stereocenters. The molecule has 0 saturated carbocycles. The number of rotatable bonds is 3. The molecule has 0 radical (unpaired) electrons. The molecule has 1 unspecified atom stereocenters. The topological polar surface area (TPSA) is 44.5 Å². The maximum atomic E-state index is 6.00. The molecule has 1 fully saturated rings. The zero-order chi connectivity index (χ0) is 12.3. The lowest BCUT2D eigenvalue weighted by atomic mass is 10.0. The molecule has 0 spiro atoms. The van der Waals surface area contributed by atoms with Gasteiger partial charge in [-0.3, -0.25) is 0 Å². The fourth-order valence-corrected chi connectivity index (χ4v) is 2.11. The van der Waals surface area contributed by atoms with Crippen LogP contribution in [-0.2, 0) is 4.74 Å². The molecule has 1 aliphatic heterocycles. The molecule has 2 N–H and O–H groups in total. The van der Waals surface area contributed by atoms with E-state index in [4.69, 9.17) is 15.2 Å².